The summed E-state index contributed by atoms with van der Waals surface area (Å²) < 4.78 is 8.75. The van der Waals surface area contributed by atoms with Gasteiger partial charge in [0.05, 0.1) is 12.1 Å². The zero-order chi connectivity index (χ0) is 13.4. The Morgan fingerprint density at radius 2 is 2.26 bits per heavy atom. The largest absolute Gasteiger partial charge is 0.492 e. The van der Waals surface area contributed by atoms with E-state index < -0.39 is 0 Å². The van der Waals surface area contributed by atoms with Gasteiger partial charge < -0.3 is 14.3 Å². The number of hydrogen-bond acceptors (Lipinski definition) is 2. The van der Waals surface area contributed by atoms with Gasteiger partial charge >= 0.3 is 0 Å². The van der Waals surface area contributed by atoms with Crippen molar-refractivity contribution in [3.63, 3.8) is 0 Å². The van der Waals surface area contributed by atoms with E-state index in [0.717, 1.165) is 27.5 Å². The molecule has 0 bridgehead atoms. The summed E-state index contributed by atoms with van der Waals surface area (Å²) >= 11 is 5.52. The lowest BCUT2D eigenvalue weighted by Gasteiger charge is -2.32. The standard InChI is InChI=1S/C15H20N2OS/c1-3-18-13-9-5-8-12-14(13)16-15(19)17(12)10(2)11-6-4-7-11/h5,8-11H,3-4,6-7H2,1-2H3,(H,16,19). The number of nitrogens with one attached hydrogen (secondary N) is 1. The average Bonchev–Trinajstić information content (AvgIpc) is 2.64. The van der Waals surface area contributed by atoms with E-state index in [1.807, 2.05) is 19.1 Å². The molecule has 1 fully saturated rings. The van der Waals surface area contributed by atoms with E-state index in [1.54, 1.807) is 0 Å². The number of rotatable bonds is 4. The second-order valence-corrected chi connectivity index (χ2v) is 5.70. The highest BCUT2D eigenvalue weighted by molar-refractivity contribution is 7.71. The van der Waals surface area contributed by atoms with Crippen molar-refractivity contribution in [3.8, 4) is 5.75 Å². The number of para-hydroxylation sites is 1. The topological polar surface area (TPSA) is 29.9 Å². The molecule has 1 aromatic heterocycles. The molecule has 3 rings (SSSR count). The van der Waals surface area contributed by atoms with Crippen LogP contribution in [0.2, 0.25) is 0 Å². The van der Waals surface area contributed by atoms with Gasteiger partial charge in [-0.1, -0.05) is 12.5 Å². The maximum absolute atomic E-state index is 5.68. The number of benzene rings is 1. The van der Waals surface area contributed by atoms with E-state index in [0.29, 0.717) is 12.6 Å². The summed E-state index contributed by atoms with van der Waals surface area (Å²) in [6, 6.07) is 6.63. The van der Waals surface area contributed by atoms with Crippen LogP contribution in [0.4, 0.5) is 0 Å². The van der Waals surface area contributed by atoms with Gasteiger partial charge in [-0.25, -0.2) is 0 Å². The Kier molecular flexibility index (Phi) is 3.35. The lowest BCUT2D eigenvalue weighted by Crippen LogP contribution is -2.22. The van der Waals surface area contributed by atoms with Gasteiger partial charge in [0.2, 0.25) is 0 Å². The first-order valence-electron chi connectivity index (χ1n) is 7.08. The van der Waals surface area contributed by atoms with Crippen molar-refractivity contribution in [2.24, 2.45) is 5.92 Å². The molecule has 1 heterocycles. The Morgan fingerprint density at radius 1 is 1.47 bits per heavy atom. The summed E-state index contributed by atoms with van der Waals surface area (Å²) in [5.41, 5.74) is 2.19. The summed E-state index contributed by atoms with van der Waals surface area (Å²) in [6.45, 7) is 4.95. The minimum atomic E-state index is 0.465. The van der Waals surface area contributed by atoms with Crippen molar-refractivity contribution in [2.75, 3.05) is 6.61 Å². The second kappa shape index (κ2) is 5.00. The van der Waals surface area contributed by atoms with Crippen LogP contribution in [0.5, 0.6) is 5.75 Å². The third-order valence-electron chi connectivity index (χ3n) is 4.25. The molecule has 0 spiro atoms. The molecule has 1 saturated carbocycles. The molecule has 0 aliphatic heterocycles. The third-order valence-corrected chi connectivity index (χ3v) is 4.55. The number of fused-ring (bicyclic) bond motifs is 1. The predicted octanol–water partition coefficient (Wildman–Crippen LogP) is 4.46. The minimum absolute atomic E-state index is 0.465. The second-order valence-electron chi connectivity index (χ2n) is 5.32. The van der Waals surface area contributed by atoms with E-state index in [9.17, 15) is 0 Å². The van der Waals surface area contributed by atoms with Crippen LogP contribution >= 0.6 is 12.2 Å². The molecule has 3 nitrogen and oxygen atoms in total. The molecule has 1 N–H and O–H groups in total. The highest BCUT2D eigenvalue weighted by atomic mass is 32.1. The summed E-state index contributed by atoms with van der Waals surface area (Å²) in [5.74, 6) is 1.66. The average molecular weight is 276 g/mol. The Bertz CT molecular complexity index is 639. The number of imidazole rings is 1. The van der Waals surface area contributed by atoms with Gasteiger partial charge in [0, 0.05) is 6.04 Å². The lowest BCUT2D eigenvalue weighted by atomic mass is 9.80. The van der Waals surface area contributed by atoms with Gasteiger partial charge in [0.25, 0.3) is 0 Å². The normalized spacial score (nSPS) is 17.4. The van der Waals surface area contributed by atoms with Crippen LogP contribution < -0.4 is 4.74 Å². The van der Waals surface area contributed by atoms with E-state index in [2.05, 4.69) is 22.5 Å². The van der Waals surface area contributed by atoms with Crippen LogP contribution in [0.1, 0.15) is 39.2 Å². The van der Waals surface area contributed by atoms with E-state index in [-0.39, 0.29) is 0 Å². The quantitative estimate of drug-likeness (QED) is 0.836. The molecule has 19 heavy (non-hydrogen) atoms. The highest BCUT2D eigenvalue weighted by Gasteiger charge is 2.26. The smallest absolute Gasteiger partial charge is 0.178 e. The molecular formula is C15H20N2OS. The number of aromatic amines is 1. The fourth-order valence-electron chi connectivity index (χ4n) is 2.94. The maximum Gasteiger partial charge on any atom is 0.178 e. The van der Waals surface area contributed by atoms with Crippen molar-refractivity contribution in [1.29, 1.82) is 0 Å². The van der Waals surface area contributed by atoms with Gasteiger partial charge in [-0.15, -0.1) is 0 Å². The number of H-pyrrole nitrogens is 1. The third kappa shape index (κ3) is 2.08. The molecule has 0 saturated heterocycles. The fraction of sp³-hybridized carbons (Fsp3) is 0.533. The fourth-order valence-corrected chi connectivity index (χ4v) is 3.30. The van der Waals surface area contributed by atoms with Crippen LogP contribution in [0.25, 0.3) is 11.0 Å². The number of hydrogen-bond donors (Lipinski definition) is 1. The summed E-state index contributed by atoms with van der Waals surface area (Å²) in [7, 11) is 0. The molecule has 0 radical (unpaired) electrons. The first-order chi connectivity index (χ1) is 9.22. The Hall–Kier alpha value is -1.29. The predicted molar refractivity (Wildman–Crippen MR) is 80.3 cm³/mol. The number of nitrogens with zero attached hydrogens (tertiary/aromatic N) is 1. The van der Waals surface area contributed by atoms with Gasteiger partial charge in [0.15, 0.2) is 4.77 Å². The molecule has 4 heteroatoms. The highest BCUT2D eigenvalue weighted by Crippen LogP contribution is 2.38. The monoisotopic (exact) mass is 276 g/mol. The number of aromatic nitrogens is 2. The lowest BCUT2D eigenvalue weighted by molar-refractivity contribution is 0.224. The van der Waals surface area contributed by atoms with Gasteiger partial charge in [-0.2, -0.15) is 0 Å². The summed E-state index contributed by atoms with van der Waals surface area (Å²) in [4.78, 5) is 3.32. The number of ether oxygens (including phenoxy) is 1. The summed E-state index contributed by atoms with van der Waals surface area (Å²) in [6.07, 6.45) is 4.00. The molecule has 1 aliphatic carbocycles. The van der Waals surface area contributed by atoms with Crippen LogP contribution in [-0.2, 0) is 0 Å². The first kappa shape index (κ1) is 12.7. The van der Waals surface area contributed by atoms with Crippen LogP contribution in [-0.4, -0.2) is 16.2 Å². The zero-order valence-corrected chi connectivity index (χ0v) is 12.3. The van der Waals surface area contributed by atoms with Crippen molar-refractivity contribution in [2.45, 2.75) is 39.2 Å². The SMILES string of the molecule is CCOc1cccc2c1[nH]c(=S)n2C(C)C1CCC1. The van der Waals surface area contributed by atoms with Crippen molar-refractivity contribution in [3.05, 3.63) is 23.0 Å². The van der Waals surface area contributed by atoms with Crippen LogP contribution in [0, 0.1) is 10.7 Å². The van der Waals surface area contributed by atoms with Crippen molar-refractivity contribution >= 4 is 23.3 Å². The molecule has 102 valence electrons. The molecule has 2 aromatic rings. The molecule has 1 atom stereocenters. The Labute approximate surface area is 118 Å². The Morgan fingerprint density at radius 3 is 2.89 bits per heavy atom. The Balaban J connectivity index is 2.11. The van der Waals surface area contributed by atoms with E-state index in [1.165, 1.54) is 19.3 Å². The molecule has 1 aliphatic rings. The first-order valence-corrected chi connectivity index (χ1v) is 7.49. The zero-order valence-electron chi connectivity index (χ0n) is 11.5. The van der Waals surface area contributed by atoms with E-state index >= 15 is 0 Å². The minimum Gasteiger partial charge on any atom is -0.492 e. The molecule has 0 amide bonds. The van der Waals surface area contributed by atoms with Crippen LogP contribution in [0.15, 0.2) is 18.2 Å². The van der Waals surface area contributed by atoms with Gasteiger partial charge in [-0.05, 0) is 57.0 Å². The van der Waals surface area contributed by atoms with Crippen LogP contribution in [0.3, 0.4) is 0 Å². The maximum atomic E-state index is 5.68. The molecule has 1 unspecified atom stereocenters. The van der Waals surface area contributed by atoms with Gasteiger partial charge in [-0.3, -0.25) is 0 Å². The van der Waals surface area contributed by atoms with Crippen molar-refractivity contribution in [1.82, 2.24) is 9.55 Å². The summed E-state index contributed by atoms with van der Waals surface area (Å²) in [5, 5.41) is 0. The molecule has 1 aromatic carbocycles. The van der Waals surface area contributed by atoms with E-state index in [4.69, 9.17) is 17.0 Å². The van der Waals surface area contributed by atoms with Crippen molar-refractivity contribution < 1.29 is 4.74 Å². The molecular weight excluding hydrogens is 256 g/mol. The van der Waals surface area contributed by atoms with Gasteiger partial charge in [0.1, 0.15) is 11.3 Å².